The maximum absolute atomic E-state index is 13.2. The monoisotopic (exact) mass is 578 g/mol. The zero-order valence-electron chi connectivity index (χ0n) is 22.5. The molecular formula is C26H37F7O6. The van der Waals surface area contributed by atoms with E-state index in [0.29, 0.717) is 11.8 Å². The van der Waals surface area contributed by atoms with Gasteiger partial charge in [-0.3, -0.25) is 0 Å². The molecule has 13 heteroatoms. The Kier molecular flexibility index (Phi) is 12.9. The van der Waals surface area contributed by atoms with Gasteiger partial charge < -0.3 is 18.9 Å². The molecular weight excluding hydrogens is 541 g/mol. The fourth-order valence-electron chi connectivity index (χ4n) is 4.16. The topological polar surface area (TPSA) is 71.1 Å². The first kappa shape index (κ1) is 34.9. The van der Waals surface area contributed by atoms with Gasteiger partial charge in [0.1, 0.15) is 5.57 Å². The Balaban J connectivity index is 0.000000420. The molecule has 2 rings (SSSR count). The Hall–Kier alpha value is -2.15. The number of esters is 2. The average Bonchev–Trinajstić information content (AvgIpc) is 3.48. The molecule has 0 heterocycles. The molecule has 0 aromatic heterocycles. The van der Waals surface area contributed by atoms with Crippen LogP contribution in [0.4, 0.5) is 30.7 Å². The van der Waals surface area contributed by atoms with Crippen LogP contribution < -0.4 is 0 Å². The van der Waals surface area contributed by atoms with E-state index < -0.39 is 48.1 Å². The third kappa shape index (κ3) is 10.4. The molecule has 2 bridgehead atoms. The average molecular weight is 579 g/mol. The number of halogens is 7. The molecule has 0 aromatic rings. The highest BCUT2D eigenvalue weighted by Gasteiger charge is 2.47. The van der Waals surface area contributed by atoms with Crippen LogP contribution in [0, 0.1) is 23.7 Å². The summed E-state index contributed by atoms with van der Waals surface area (Å²) in [7, 11) is 0. The van der Waals surface area contributed by atoms with Gasteiger partial charge in [0.2, 0.25) is 0 Å². The third-order valence-electron chi connectivity index (χ3n) is 6.97. The van der Waals surface area contributed by atoms with Crippen LogP contribution >= 0.6 is 0 Å². The van der Waals surface area contributed by atoms with Crippen molar-refractivity contribution in [3.8, 4) is 0 Å². The van der Waals surface area contributed by atoms with Crippen molar-refractivity contribution < 1.29 is 59.3 Å². The van der Waals surface area contributed by atoms with E-state index >= 15 is 0 Å². The van der Waals surface area contributed by atoms with E-state index in [1.165, 1.54) is 0 Å². The van der Waals surface area contributed by atoms with Gasteiger partial charge in [-0.1, -0.05) is 39.8 Å². The highest BCUT2D eigenvalue weighted by Crippen LogP contribution is 2.48. The fraction of sp³-hybridized carbons (Fsp3) is 0.769. The second-order valence-corrected chi connectivity index (χ2v) is 10.2. The van der Waals surface area contributed by atoms with Crippen LogP contribution in [0.3, 0.4) is 0 Å². The van der Waals surface area contributed by atoms with E-state index in [1.807, 2.05) is 13.8 Å². The summed E-state index contributed by atoms with van der Waals surface area (Å²) in [5.41, 5.74) is -1.84. The molecule has 0 amide bonds. The smallest absolute Gasteiger partial charge is 0.422 e. The molecule has 0 radical (unpaired) electrons. The maximum atomic E-state index is 13.2. The maximum Gasteiger partial charge on any atom is 0.422 e. The van der Waals surface area contributed by atoms with E-state index in [9.17, 15) is 40.3 Å². The summed E-state index contributed by atoms with van der Waals surface area (Å²) in [6.07, 6.45) is -5.57. The number of alkyl halides is 7. The summed E-state index contributed by atoms with van der Waals surface area (Å²) in [5, 5.41) is 0. The molecule has 0 aromatic carbocycles. The standard InChI is InChI=1S/C15H19F5O3.C11H18F2O3/c1-8(15(18,19)20)12(21)23-14(2,13(16)17)22-7-11-6-9-3-4-10(11)5-9;1-5-8(3)7-15-11(4,10(12)13)16-9(14)6-2/h9-11,13H,1,3-7H2,2H3;6,8,10H,2,5,7H2,1,3-4H3. The quantitative estimate of drug-likeness (QED) is 0.103. The zero-order chi connectivity index (χ0) is 30.2. The first-order valence-electron chi connectivity index (χ1n) is 12.6. The fourth-order valence-corrected chi connectivity index (χ4v) is 4.16. The lowest BCUT2D eigenvalue weighted by Crippen LogP contribution is -2.44. The highest BCUT2D eigenvalue weighted by atomic mass is 19.4. The molecule has 0 N–H and O–H groups in total. The number of hydrogen-bond acceptors (Lipinski definition) is 6. The van der Waals surface area contributed by atoms with Gasteiger partial charge in [0.05, 0.1) is 13.2 Å². The zero-order valence-corrected chi connectivity index (χ0v) is 22.5. The highest BCUT2D eigenvalue weighted by molar-refractivity contribution is 5.89. The number of fused-ring (bicyclic) bond motifs is 2. The summed E-state index contributed by atoms with van der Waals surface area (Å²) in [6.45, 7) is 11.3. The molecule has 2 aliphatic carbocycles. The van der Waals surface area contributed by atoms with Gasteiger partial charge in [0.25, 0.3) is 11.6 Å². The largest absolute Gasteiger partial charge is 0.424 e. The van der Waals surface area contributed by atoms with E-state index in [4.69, 9.17) is 9.47 Å². The van der Waals surface area contributed by atoms with Gasteiger partial charge in [-0.2, -0.15) is 13.2 Å². The van der Waals surface area contributed by atoms with Crippen LogP contribution in [0.2, 0.25) is 0 Å². The van der Waals surface area contributed by atoms with E-state index in [2.05, 4.69) is 22.6 Å². The van der Waals surface area contributed by atoms with Crippen LogP contribution in [-0.4, -0.2) is 55.8 Å². The van der Waals surface area contributed by atoms with Crippen molar-refractivity contribution in [1.82, 2.24) is 0 Å². The van der Waals surface area contributed by atoms with Gasteiger partial charge in [0.15, 0.2) is 0 Å². The van der Waals surface area contributed by atoms with Crippen molar-refractivity contribution in [2.75, 3.05) is 13.2 Å². The van der Waals surface area contributed by atoms with Crippen LogP contribution in [0.5, 0.6) is 0 Å². The van der Waals surface area contributed by atoms with Crippen LogP contribution in [0.1, 0.15) is 59.8 Å². The molecule has 0 spiro atoms. The number of ether oxygens (including phenoxy) is 4. The molecule has 6 unspecified atom stereocenters. The second-order valence-electron chi connectivity index (χ2n) is 10.2. The SMILES string of the molecule is C=C(C(=O)OC(C)(OCC1CC2CCC1C2)C(F)F)C(F)(F)F.C=CC(=O)OC(C)(OCC(C)CC)C(F)F. The summed E-state index contributed by atoms with van der Waals surface area (Å²) in [5.74, 6) is -6.62. The molecule has 226 valence electrons. The summed E-state index contributed by atoms with van der Waals surface area (Å²) < 4.78 is 108. The molecule has 39 heavy (non-hydrogen) atoms. The van der Waals surface area contributed by atoms with Gasteiger partial charge in [-0.25, -0.2) is 27.2 Å². The molecule has 6 nitrogen and oxygen atoms in total. The van der Waals surface area contributed by atoms with Crippen molar-refractivity contribution in [2.45, 2.75) is 90.4 Å². The van der Waals surface area contributed by atoms with Crippen molar-refractivity contribution in [3.63, 3.8) is 0 Å². The Bertz CT molecular complexity index is 849. The summed E-state index contributed by atoms with van der Waals surface area (Å²) >= 11 is 0. The van der Waals surface area contributed by atoms with Crippen molar-refractivity contribution in [2.24, 2.45) is 23.7 Å². The molecule has 2 fully saturated rings. The van der Waals surface area contributed by atoms with Crippen molar-refractivity contribution >= 4 is 11.9 Å². The van der Waals surface area contributed by atoms with Crippen molar-refractivity contribution in [1.29, 1.82) is 0 Å². The molecule has 0 saturated heterocycles. The first-order valence-corrected chi connectivity index (χ1v) is 12.6. The van der Waals surface area contributed by atoms with Gasteiger partial charge in [-0.05, 0) is 42.9 Å². The van der Waals surface area contributed by atoms with Gasteiger partial charge in [-0.15, -0.1) is 0 Å². The predicted molar refractivity (Wildman–Crippen MR) is 127 cm³/mol. The third-order valence-corrected chi connectivity index (χ3v) is 6.97. The van der Waals surface area contributed by atoms with Crippen molar-refractivity contribution in [3.05, 3.63) is 24.8 Å². The summed E-state index contributed by atoms with van der Waals surface area (Å²) in [6, 6.07) is 0. The lowest BCUT2D eigenvalue weighted by Gasteiger charge is -2.32. The number of carbonyl (C=O) groups excluding carboxylic acids is 2. The molecule has 6 atom stereocenters. The van der Waals surface area contributed by atoms with Gasteiger partial charge >= 0.3 is 31.0 Å². The van der Waals surface area contributed by atoms with Gasteiger partial charge in [0, 0.05) is 19.9 Å². The minimum Gasteiger partial charge on any atom is -0.424 e. The van der Waals surface area contributed by atoms with E-state index in [-0.39, 0.29) is 25.0 Å². The minimum atomic E-state index is -5.04. The first-order chi connectivity index (χ1) is 17.9. The lowest BCUT2D eigenvalue weighted by atomic mass is 9.89. The number of hydrogen-bond donors (Lipinski definition) is 0. The molecule has 2 aliphatic rings. The molecule has 0 aliphatic heterocycles. The Morgan fingerprint density at radius 1 is 0.974 bits per heavy atom. The second kappa shape index (κ2) is 14.5. The normalized spacial score (nSPS) is 24.3. The molecule has 2 saturated carbocycles. The number of rotatable bonds is 13. The van der Waals surface area contributed by atoms with Crippen LogP contribution in [-0.2, 0) is 28.5 Å². The predicted octanol–water partition coefficient (Wildman–Crippen LogP) is 6.84. The Morgan fingerprint density at radius 2 is 1.54 bits per heavy atom. The summed E-state index contributed by atoms with van der Waals surface area (Å²) in [4.78, 5) is 22.3. The Labute approximate surface area is 223 Å². The number of carbonyl (C=O) groups is 2. The van der Waals surface area contributed by atoms with E-state index in [0.717, 1.165) is 52.0 Å². The van der Waals surface area contributed by atoms with Crippen LogP contribution in [0.15, 0.2) is 24.8 Å². The van der Waals surface area contributed by atoms with Crippen LogP contribution in [0.25, 0.3) is 0 Å². The van der Waals surface area contributed by atoms with E-state index in [1.54, 1.807) is 0 Å². The lowest BCUT2D eigenvalue weighted by molar-refractivity contribution is -0.276. The minimum absolute atomic E-state index is 0.0617. The Morgan fingerprint density at radius 3 is 1.95 bits per heavy atom.